The van der Waals surface area contributed by atoms with Crippen molar-refractivity contribution in [3.05, 3.63) is 42.0 Å². The van der Waals surface area contributed by atoms with Gasteiger partial charge in [-0.1, -0.05) is 0 Å². The molecular formula is C17H22N4O3. The van der Waals surface area contributed by atoms with Gasteiger partial charge in [0, 0.05) is 19.3 Å². The van der Waals surface area contributed by atoms with Crippen LogP contribution >= 0.6 is 0 Å². The number of aryl methyl sites for hydroxylation is 2. The highest BCUT2D eigenvalue weighted by molar-refractivity contribution is 5.92. The second-order valence-electron chi connectivity index (χ2n) is 5.74. The number of hydrogen-bond donors (Lipinski definition) is 0. The molecule has 1 unspecified atom stereocenters. The highest BCUT2D eigenvalue weighted by Crippen LogP contribution is 2.15. The topological polar surface area (TPSA) is 69.5 Å². The molecule has 0 saturated carbocycles. The van der Waals surface area contributed by atoms with Gasteiger partial charge in [0.2, 0.25) is 0 Å². The molecule has 3 heterocycles. The Labute approximate surface area is 141 Å². The van der Waals surface area contributed by atoms with Gasteiger partial charge < -0.3 is 14.4 Å². The number of nitrogens with zero attached hydrogens (tertiary/aromatic N) is 4. The van der Waals surface area contributed by atoms with Crippen LogP contribution in [0, 0.1) is 6.92 Å². The number of carbonyl (C=O) groups is 1. The third-order valence-corrected chi connectivity index (χ3v) is 3.88. The van der Waals surface area contributed by atoms with E-state index in [2.05, 4.69) is 10.1 Å². The summed E-state index contributed by atoms with van der Waals surface area (Å²) in [5, 5.41) is 4.35. The zero-order valence-electron chi connectivity index (χ0n) is 14.0. The normalized spacial score (nSPS) is 18.2. The van der Waals surface area contributed by atoms with Crippen LogP contribution in [0.3, 0.4) is 0 Å². The van der Waals surface area contributed by atoms with Crippen LogP contribution in [0.25, 0.3) is 0 Å². The SMILES string of the molecule is CCn1nc(C)cc1C(=O)N1CCOCC(Oc2cccnc2)C1. The molecule has 2 aromatic heterocycles. The number of ether oxygens (including phenoxy) is 2. The monoisotopic (exact) mass is 330 g/mol. The van der Waals surface area contributed by atoms with Crippen molar-refractivity contribution in [1.29, 1.82) is 0 Å². The Morgan fingerprint density at radius 2 is 2.38 bits per heavy atom. The fourth-order valence-corrected chi connectivity index (χ4v) is 2.77. The highest BCUT2D eigenvalue weighted by atomic mass is 16.5. The Balaban J connectivity index is 1.73. The molecule has 0 aliphatic carbocycles. The van der Waals surface area contributed by atoms with Crippen LogP contribution in [0.15, 0.2) is 30.6 Å². The maximum atomic E-state index is 12.9. The molecule has 128 valence electrons. The molecule has 0 N–H and O–H groups in total. The molecule has 1 aliphatic rings. The van der Waals surface area contributed by atoms with Crippen molar-refractivity contribution in [3.8, 4) is 5.75 Å². The number of pyridine rings is 1. The van der Waals surface area contributed by atoms with Gasteiger partial charge in [0.15, 0.2) is 0 Å². The summed E-state index contributed by atoms with van der Waals surface area (Å²) in [4.78, 5) is 18.7. The average Bonchev–Trinajstić information content (AvgIpc) is 2.82. The van der Waals surface area contributed by atoms with Crippen LogP contribution in [-0.2, 0) is 11.3 Å². The first-order chi connectivity index (χ1) is 11.7. The Bertz CT molecular complexity index is 686. The summed E-state index contributed by atoms with van der Waals surface area (Å²) in [5.41, 5.74) is 1.45. The molecule has 1 fully saturated rings. The van der Waals surface area contributed by atoms with Crippen molar-refractivity contribution in [2.75, 3.05) is 26.3 Å². The summed E-state index contributed by atoms with van der Waals surface area (Å²) < 4.78 is 13.2. The molecule has 1 atom stereocenters. The van der Waals surface area contributed by atoms with Gasteiger partial charge in [-0.25, -0.2) is 0 Å². The first-order valence-corrected chi connectivity index (χ1v) is 8.15. The Morgan fingerprint density at radius 1 is 1.50 bits per heavy atom. The minimum Gasteiger partial charge on any atom is -0.485 e. The predicted octanol–water partition coefficient (Wildman–Crippen LogP) is 1.53. The number of hydrogen-bond acceptors (Lipinski definition) is 5. The van der Waals surface area contributed by atoms with Gasteiger partial charge in [0.05, 0.1) is 31.6 Å². The molecule has 0 spiro atoms. The van der Waals surface area contributed by atoms with Crippen molar-refractivity contribution in [1.82, 2.24) is 19.7 Å². The fraction of sp³-hybridized carbons (Fsp3) is 0.471. The lowest BCUT2D eigenvalue weighted by molar-refractivity contribution is 0.0644. The lowest BCUT2D eigenvalue weighted by Gasteiger charge is -2.24. The first kappa shape index (κ1) is 16.4. The lowest BCUT2D eigenvalue weighted by atomic mass is 10.2. The fourth-order valence-electron chi connectivity index (χ4n) is 2.77. The Morgan fingerprint density at radius 3 is 3.12 bits per heavy atom. The van der Waals surface area contributed by atoms with E-state index in [0.29, 0.717) is 44.3 Å². The molecule has 0 bridgehead atoms. The quantitative estimate of drug-likeness (QED) is 0.850. The van der Waals surface area contributed by atoms with Crippen LogP contribution in [0.4, 0.5) is 0 Å². The van der Waals surface area contributed by atoms with Gasteiger partial charge in [-0.05, 0) is 32.0 Å². The van der Waals surface area contributed by atoms with Crippen molar-refractivity contribution >= 4 is 5.91 Å². The molecule has 1 saturated heterocycles. The average molecular weight is 330 g/mol. The van der Waals surface area contributed by atoms with Crippen molar-refractivity contribution in [3.63, 3.8) is 0 Å². The van der Waals surface area contributed by atoms with E-state index in [-0.39, 0.29) is 12.0 Å². The molecule has 0 aromatic carbocycles. The van der Waals surface area contributed by atoms with Crippen molar-refractivity contribution in [2.45, 2.75) is 26.5 Å². The van der Waals surface area contributed by atoms with Gasteiger partial charge in [-0.2, -0.15) is 5.10 Å². The van der Waals surface area contributed by atoms with Crippen LogP contribution in [0.2, 0.25) is 0 Å². The van der Waals surface area contributed by atoms with E-state index >= 15 is 0 Å². The Hall–Kier alpha value is -2.41. The van der Waals surface area contributed by atoms with Gasteiger partial charge in [-0.3, -0.25) is 14.5 Å². The molecule has 7 heteroatoms. The second kappa shape index (κ2) is 7.44. The predicted molar refractivity (Wildman–Crippen MR) is 88.0 cm³/mol. The second-order valence-corrected chi connectivity index (χ2v) is 5.74. The minimum atomic E-state index is -0.222. The van der Waals surface area contributed by atoms with Crippen LogP contribution in [0.5, 0.6) is 5.75 Å². The Kier molecular flexibility index (Phi) is 5.10. The third kappa shape index (κ3) is 3.73. The minimum absolute atomic E-state index is 0.0391. The zero-order chi connectivity index (χ0) is 16.9. The molecular weight excluding hydrogens is 308 g/mol. The van der Waals surface area contributed by atoms with Crippen molar-refractivity contribution < 1.29 is 14.3 Å². The molecule has 24 heavy (non-hydrogen) atoms. The van der Waals surface area contributed by atoms with E-state index < -0.39 is 0 Å². The van der Waals surface area contributed by atoms with Crippen LogP contribution in [0.1, 0.15) is 23.1 Å². The van der Waals surface area contributed by atoms with Gasteiger partial charge >= 0.3 is 0 Å². The van der Waals surface area contributed by atoms with E-state index in [0.717, 1.165) is 5.69 Å². The smallest absolute Gasteiger partial charge is 0.272 e. The molecule has 1 amide bonds. The largest absolute Gasteiger partial charge is 0.485 e. The summed E-state index contributed by atoms with van der Waals surface area (Å²) in [5.74, 6) is 0.637. The van der Waals surface area contributed by atoms with E-state index in [1.54, 1.807) is 22.0 Å². The van der Waals surface area contributed by atoms with E-state index in [4.69, 9.17) is 9.47 Å². The first-order valence-electron chi connectivity index (χ1n) is 8.15. The zero-order valence-corrected chi connectivity index (χ0v) is 14.0. The van der Waals surface area contributed by atoms with E-state index in [1.807, 2.05) is 32.0 Å². The summed E-state index contributed by atoms with van der Waals surface area (Å²) >= 11 is 0. The summed E-state index contributed by atoms with van der Waals surface area (Å²) in [6, 6.07) is 5.49. The maximum absolute atomic E-state index is 12.9. The molecule has 0 radical (unpaired) electrons. The van der Waals surface area contributed by atoms with E-state index in [9.17, 15) is 4.79 Å². The third-order valence-electron chi connectivity index (χ3n) is 3.88. The number of carbonyl (C=O) groups excluding carboxylic acids is 1. The van der Waals surface area contributed by atoms with Gasteiger partial charge in [0.1, 0.15) is 17.5 Å². The number of rotatable bonds is 4. The number of amides is 1. The molecule has 2 aromatic rings. The van der Waals surface area contributed by atoms with Gasteiger partial charge in [-0.15, -0.1) is 0 Å². The summed E-state index contributed by atoms with van der Waals surface area (Å²) in [6.07, 6.45) is 3.13. The lowest BCUT2D eigenvalue weighted by Crippen LogP contribution is -2.40. The van der Waals surface area contributed by atoms with Gasteiger partial charge in [0.25, 0.3) is 5.91 Å². The van der Waals surface area contributed by atoms with Crippen molar-refractivity contribution in [2.24, 2.45) is 0 Å². The summed E-state index contributed by atoms with van der Waals surface area (Å²) in [6.45, 7) is 6.49. The molecule has 1 aliphatic heterocycles. The number of aromatic nitrogens is 3. The van der Waals surface area contributed by atoms with Crippen LogP contribution in [-0.4, -0.2) is 58.0 Å². The summed E-state index contributed by atoms with van der Waals surface area (Å²) in [7, 11) is 0. The van der Waals surface area contributed by atoms with Crippen LogP contribution < -0.4 is 4.74 Å². The molecule has 7 nitrogen and oxygen atoms in total. The maximum Gasteiger partial charge on any atom is 0.272 e. The standard InChI is InChI=1S/C17H22N4O3/c1-3-21-16(9-13(2)19-21)17(22)20-7-8-23-12-15(11-20)24-14-5-4-6-18-10-14/h4-6,9-10,15H,3,7-8,11-12H2,1-2H3. The highest BCUT2D eigenvalue weighted by Gasteiger charge is 2.26. The molecule has 3 rings (SSSR count). The van der Waals surface area contributed by atoms with E-state index in [1.165, 1.54) is 0 Å².